The summed E-state index contributed by atoms with van der Waals surface area (Å²) < 4.78 is 36.6. The van der Waals surface area contributed by atoms with Crippen LogP contribution in [0.5, 0.6) is 0 Å². The molecule has 0 saturated carbocycles. The van der Waals surface area contributed by atoms with Crippen molar-refractivity contribution in [3.63, 3.8) is 0 Å². The quantitative estimate of drug-likeness (QED) is 0.567. The van der Waals surface area contributed by atoms with Gasteiger partial charge in [0.15, 0.2) is 0 Å². The van der Waals surface area contributed by atoms with E-state index in [4.69, 9.17) is 11.6 Å². The van der Waals surface area contributed by atoms with E-state index < -0.39 is 10.3 Å². The molecule has 0 amide bonds. The van der Waals surface area contributed by atoms with Crippen LogP contribution in [0.15, 0.2) is 23.1 Å². The Morgan fingerprint density at radius 2 is 2.00 bits per heavy atom. The Morgan fingerprint density at radius 1 is 1.41 bits per heavy atom. The monoisotopic (exact) mass is 346 g/mol. The molecule has 0 heterocycles. The number of alkyl halides is 4. The van der Waals surface area contributed by atoms with Gasteiger partial charge in [0.05, 0.1) is 4.83 Å². The van der Waals surface area contributed by atoms with Crippen molar-refractivity contribution in [3.05, 3.63) is 28.8 Å². The van der Waals surface area contributed by atoms with Gasteiger partial charge in [0.25, 0.3) is 0 Å². The molecule has 0 aromatic heterocycles. The number of rotatable bonds is 3. The third-order valence-corrected chi connectivity index (χ3v) is 3.87. The second-order valence-corrected chi connectivity index (χ2v) is 5.73. The van der Waals surface area contributed by atoms with Crippen LogP contribution in [0.4, 0.5) is 13.2 Å². The maximum Gasteiger partial charge on any atom is 0.446 e. The molecule has 1 aromatic carbocycles. The Kier molecular flexibility index (Phi) is 4.92. The number of halogens is 5. The zero-order valence-corrected chi connectivity index (χ0v) is 11.7. The molecule has 0 N–H and O–H groups in total. The molecule has 0 saturated heterocycles. The number of hydrogen-bond donors (Lipinski definition) is 0. The third-order valence-electron chi connectivity index (χ3n) is 1.78. The first-order valence-corrected chi connectivity index (χ1v) is 6.51. The Bertz CT molecular complexity index is 436. The molecular formula is C10H7BrClF3OS. The fourth-order valence-electron chi connectivity index (χ4n) is 1.16. The number of ketones is 1. The van der Waals surface area contributed by atoms with Crippen molar-refractivity contribution in [2.45, 2.75) is 22.2 Å². The SMILES string of the molecule is CC(=O)C(Br)c1cc(Cl)cc(SC(F)(F)F)c1. The van der Waals surface area contributed by atoms with Gasteiger partial charge in [0.1, 0.15) is 5.78 Å². The lowest BCUT2D eigenvalue weighted by molar-refractivity contribution is -0.116. The highest BCUT2D eigenvalue weighted by atomic mass is 79.9. The van der Waals surface area contributed by atoms with Crippen LogP contribution in [0, 0.1) is 0 Å². The number of carbonyl (C=O) groups excluding carboxylic acids is 1. The van der Waals surface area contributed by atoms with Crippen molar-refractivity contribution >= 4 is 45.1 Å². The molecule has 0 spiro atoms. The minimum Gasteiger partial charge on any atom is -0.298 e. The summed E-state index contributed by atoms with van der Waals surface area (Å²) in [5.41, 5.74) is -3.96. The summed E-state index contributed by atoms with van der Waals surface area (Å²) in [6.07, 6.45) is 0. The number of benzene rings is 1. The van der Waals surface area contributed by atoms with Crippen LogP contribution < -0.4 is 0 Å². The molecule has 1 nitrogen and oxygen atoms in total. The van der Waals surface area contributed by atoms with E-state index in [0.717, 1.165) is 0 Å². The maximum atomic E-state index is 12.2. The van der Waals surface area contributed by atoms with Gasteiger partial charge in [-0.25, -0.2) is 0 Å². The minimum atomic E-state index is -4.38. The molecule has 1 rings (SSSR count). The van der Waals surface area contributed by atoms with Crippen LogP contribution >= 0.6 is 39.3 Å². The lowest BCUT2D eigenvalue weighted by Gasteiger charge is -2.11. The average Bonchev–Trinajstić information content (AvgIpc) is 2.12. The minimum absolute atomic E-state index is 0.0364. The highest BCUT2D eigenvalue weighted by Crippen LogP contribution is 2.39. The summed E-state index contributed by atoms with van der Waals surface area (Å²) in [6, 6.07) is 3.97. The molecule has 1 atom stereocenters. The molecule has 0 aliphatic rings. The summed E-state index contributed by atoms with van der Waals surface area (Å²) in [5, 5.41) is 0.167. The zero-order valence-electron chi connectivity index (χ0n) is 8.52. The van der Waals surface area contributed by atoms with Crippen LogP contribution in [0.3, 0.4) is 0 Å². The zero-order chi connectivity index (χ0) is 13.2. The standard InChI is InChI=1S/C10H7BrClF3OS/c1-5(16)9(11)6-2-7(12)4-8(3-6)17-10(13,14)15/h2-4,9H,1H3. The van der Waals surface area contributed by atoms with E-state index in [0.29, 0.717) is 5.56 Å². The van der Waals surface area contributed by atoms with Crippen LogP contribution in [-0.2, 0) is 4.79 Å². The molecular weight excluding hydrogens is 341 g/mol. The number of thioether (sulfide) groups is 1. The van der Waals surface area contributed by atoms with Crippen molar-refractivity contribution < 1.29 is 18.0 Å². The summed E-state index contributed by atoms with van der Waals surface area (Å²) in [4.78, 5) is 10.5. The van der Waals surface area contributed by atoms with Gasteiger partial charge in [-0.3, -0.25) is 4.79 Å². The molecule has 0 radical (unpaired) electrons. The van der Waals surface area contributed by atoms with E-state index in [9.17, 15) is 18.0 Å². The van der Waals surface area contributed by atoms with Crippen molar-refractivity contribution in [2.24, 2.45) is 0 Å². The van der Waals surface area contributed by atoms with Gasteiger partial charge in [-0.15, -0.1) is 0 Å². The van der Waals surface area contributed by atoms with Crippen molar-refractivity contribution in [2.75, 3.05) is 0 Å². The van der Waals surface area contributed by atoms with E-state index in [-0.39, 0.29) is 27.5 Å². The molecule has 94 valence electrons. The van der Waals surface area contributed by atoms with Gasteiger partial charge >= 0.3 is 5.51 Å². The largest absolute Gasteiger partial charge is 0.446 e. The highest BCUT2D eigenvalue weighted by molar-refractivity contribution is 9.09. The third kappa shape index (κ3) is 4.89. The predicted molar refractivity (Wildman–Crippen MR) is 65.7 cm³/mol. The van der Waals surface area contributed by atoms with Gasteiger partial charge in [0, 0.05) is 9.92 Å². The number of Topliss-reactive ketones (excluding diaryl/α,β-unsaturated/α-hetero) is 1. The number of carbonyl (C=O) groups is 1. The van der Waals surface area contributed by atoms with E-state index in [1.54, 1.807) is 0 Å². The van der Waals surface area contributed by atoms with Gasteiger partial charge in [0.2, 0.25) is 0 Å². The van der Waals surface area contributed by atoms with Crippen LogP contribution in [-0.4, -0.2) is 11.3 Å². The second kappa shape index (κ2) is 5.63. The first-order valence-electron chi connectivity index (χ1n) is 4.40. The molecule has 7 heteroatoms. The fourth-order valence-corrected chi connectivity index (χ4v) is 2.38. The average molecular weight is 348 g/mol. The van der Waals surface area contributed by atoms with Gasteiger partial charge in [-0.2, -0.15) is 13.2 Å². The van der Waals surface area contributed by atoms with Crippen LogP contribution in [0.2, 0.25) is 5.02 Å². The molecule has 0 aliphatic heterocycles. The Balaban J connectivity index is 3.06. The Morgan fingerprint density at radius 3 is 2.47 bits per heavy atom. The van der Waals surface area contributed by atoms with Crippen molar-refractivity contribution in [3.8, 4) is 0 Å². The molecule has 1 unspecified atom stereocenters. The van der Waals surface area contributed by atoms with Crippen LogP contribution in [0.1, 0.15) is 17.3 Å². The molecule has 0 bridgehead atoms. The molecule has 0 fully saturated rings. The first-order chi connectivity index (χ1) is 7.69. The van der Waals surface area contributed by atoms with Gasteiger partial charge in [-0.05, 0) is 42.4 Å². The Hall–Kier alpha value is -0.200. The first kappa shape index (κ1) is 14.9. The van der Waals surface area contributed by atoms with E-state index in [2.05, 4.69) is 15.9 Å². The van der Waals surface area contributed by atoms with E-state index in [1.165, 1.54) is 25.1 Å². The lowest BCUT2D eigenvalue weighted by atomic mass is 10.1. The lowest BCUT2D eigenvalue weighted by Crippen LogP contribution is -2.03. The topological polar surface area (TPSA) is 17.1 Å². The smallest absolute Gasteiger partial charge is 0.298 e. The van der Waals surface area contributed by atoms with E-state index in [1.807, 2.05) is 0 Å². The number of hydrogen-bond acceptors (Lipinski definition) is 2. The highest BCUT2D eigenvalue weighted by Gasteiger charge is 2.29. The Labute approximate surface area is 114 Å². The molecule has 17 heavy (non-hydrogen) atoms. The fraction of sp³-hybridized carbons (Fsp3) is 0.300. The van der Waals surface area contributed by atoms with Gasteiger partial charge < -0.3 is 0 Å². The normalized spacial score (nSPS) is 13.5. The summed E-state index contributed by atoms with van der Waals surface area (Å²) in [5.74, 6) is -0.199. The van der Waals surface area contributed by atoms with Crippen molar-refractivity contribution in [1.29, 1.82) is 0 Å². The summed E-state index contributed by atoms with van der Waals surface area (Å²) in [6.45, 7) is 1.34. The van der Waals surface area contributed by atoms with Crippen molar-refractivity contribution in [1.82, 2.24) is 0 Å². The van der Waals surface area contributed by atoms with Crippen LogP contribution in [0.25, 0.3) is 0 Å². The maximum absolute atomic E-state index is 12.2. The molecule has 0 aliphatic carbocycles. The van der Waals surface area contributed by atoms with E-state index >= 15 is 0 Å². The summed E-state index contributed by atoms with van der Waals surface area (Å²) >= 11 is 8.56. The van der Waals surface area contributed by atoms with Gasteiger partial charge in [-0.1, -0.05) is 27.5 Å². The summed E-state index contributed by atoms with van der Waals surface area (Å²) in [7, 11) is 0. The predicted octanol–water partition coefficient (Wildman–Crippen LogP) is 4.98. The second-order valence-electron chi connectivity index (χ2n) is 3.24. The molecule has 1 aromatic rings.